The number of benzene rings is 1. The molecular weight excluding hydrogens is 336 g/mol. The van der Waals surface area contributed by atoms with E-state index in [1.165, 1.54) is 5.56 Å². The van der Waals surface area contributed by atoms with Gasteiger partial charge >= 0.3 is 6.03 Å². The predicted molar refractivity (Wildman–Crippen MR) is 105 cm³/mol. The number of carbonyl (C=O) groups is 1. The normalized spacial score (nSPS) is 14.9. The fourth-order valence-electron chi connectivity index (χ4n) is 2.74. The van der Waals surface area contributed by atoms with Crippen molar-refractivity contribution in [2.75, 3.05) is 38.7 Å². The van der Waals surface area contributed by atoms with Crippen molar-refractivity contribution in [3.8, 4) is 0 Å². The summed E-state index contributed by atoms with van der Waals surface area (Å²) in [5.74, 6) is 0. The van der Waals surface area contributed by atoms with Crippen molar-refractivity contribution in [1.29, 1.82) is 0 Å². The molecule has 7 heteroatoms. The van der Waals surface area contributed by atoms with Gasteiger partial charge in [0.15, 0.2) is 5.11 Å². The summed E-state index contributed by atoms with van der Waals surface area (Å²) in [6.45, 7) is 5.28. The lowest BCUT2D eigenvalue weighted by molar-refractivity contribution is 0.195. The topological polar surface area (TPSA) is 65.6 Å². The second-order valence-electron chi connectivity index (χ2n) is 6.30. The molecule has 1 aromatic carbocycles. The number of piperidine rings is 1. The van der Waals surface area contributed by atoms with Gasteiger partial charge in [0.2, 0.25) is 0 Å². The molecule has 0 radical (unpaired) electrons. The highest BCUT2D eigenvalue weighted by atomic mass is 32.1. The zero-order valence-electron chi connectivity index (χ0n) is 15.0. The first-order valence-electron chi connectivity index (χ1n) is 8.74. The third-order valence-electron chi connectivity index (χ3n) is 4.23. The summed E-state index contributed by atoms with van der Waals surface area (Å²) in [7, 11) is 1.70. The van der Waals surface area contributed by atoms with Gasteiger partial charge in [0.25, 0.3) is 0 Å². The van der Waals surface area contributed by atoms with Crippen LogP contribution in [0.25, 0.3) is 0 Å². The van der Waals surface area contributed by atoms with E-state index in [9.17, 15) is 4.79 Å². The van der Waals surface area contributed by atoms with Gasteiger partial charge in [-0.15, -0.1) is 0 Å². The van der Waals surface area contributed by atoms with E-state index in [4.69, 9.17) is 17.0 Å². The Kier molecular flexibility index (Phi) is 7.94. The molecule has 0 saturated carbocycles. The van der Waals surface area contributed by atoms with E-state index in [1.807, 2.05) is 31.2 Å². The Bertz CT molecular complexity index is 557. The minimum Gasteiger partial charge on any atom is -0.385 e. The number of rotatable bonds is 6. The fourth-order valence-corrected chi connectivity index (χ4v) is 3.02. The monoisotopic (exact) mass is 364 g/mol. The number of amides is 2. The Morgan fingerprint density at radius 3 is 2.60 bits per heavy atom. The van der Waals surface area contributed by atoms with Gasteiger partial charge in [-0.1, -0.05) is 17.7 Å². The molecule has 1 fully saturated rings. The molecule has 6 nitrogen and oxygen atoms in total. The quantitative estimate of drug-likeness (QED) is 0.535. The Balaban J connectivity index is 1.66. The van der Waals surface area contributed by atoms with Gasteiger partial charge in [0, 0.05) is 45.1 Å². The largest absolute Gasteiger partial charge is 0.385 e. The maximum Gasteiger partial charge on any atom is 0.319 e. The van der Waals surface area contributed by atoms with Crippen LogP contribution in [0.4, 0.5) is 10.5 Å². The zero-order chi connectivity index (χ0) is 18.1. The van der Waals surface area contributed by atoms with Crippen molar-refractivity contribution in [2.24, 2.45) is 0 Å². The van der Waals surface area contributed by atoms with Gasteiger partial charge in [-0.05, 0) is 50.5 Å². The van der Waals surface area contributed by atoms with Crippen LogP contribution in [-0.4, -0.2) is 55.4 Å². The molecule has 1 aliphatic heterocycles. The van der Waals surface area contributed by atoms with Gasteiger partial charge in [-0.2, -0.15) is 0 Å². The molecule has 0 unspecified atom stereocenters. The molecular formula is C18H28N4O2S. The van der Waals surface area contributed by atoms with Crippen LogP contribution in [0.2, 0.25) is 0 Å². The Hall–Kier alpha value is -1.86. The summed E-state index contributed by atoms with van der Waals surface area (Å²) < 4.78 is 5.03. The molecule has 1 aliphatic rings. The average Bonchev–Trinajstić information content (AvgIpc) is 2.61. The summed E-state index contributed by atoms with van der Waals surface area (Å²) >= 11 is 5.42. The molecule has 0 aromatic heterocycles. The third kappa shape index (κ3) is 6.88. The van der Waals surface area contributed by atoms with Crippen LogP contribution in [0, 0.1) is 6.92 Å². The molecule has 0 bridgehead atoms. The molecule has 2 amide bonds. The number of likely N-dealkylation sites (tertiary alicyclic amines) is 1. The second kappa shape index (κ2) is 10.2. The number of nitrogens with one attached hydrogen (secondary N) is 3. The van der Waals surface area contributed by atoms with E-state index >= 15 is 0 Å². The summed E-state index contributed by atoms with van der Waals surface area (Å²) in [6.07, 6.45) is 2.72. The molecule has 1 heterocycles. The maximum atomic E-state index is 12.1. The Morgan fingerprint density at radius 2 is 1.96 bits per heavy atom. The SMILES string of the molecule is COCCCNC(=S)N1CCC(NC(=O)Nc2ccc(C)cc2)CC1. The van der Waals surface area contributed by atoms with Crippen LogP contribution in [0.15, 0.2) is 24.3 Å². The second-order valence-corrected chi connectivity index (χ2v) is 6.69. The number of nitrogens with zero attached hydrogens (tertiary/aromatic N) is 1. The number of hydrogen-bond acceptors (Lipinski definition) is 3. The third-order valence-corrected chi connectivity index (χ3v) is 4.63. The molecule has 1 saturated heterocycles. The summed E-state index contributed by atoms with van der Waals surface area (Å²) in [6, 6.07) is 7.81. The molecule has 2 rings (SSSR count). The van der Waals surface area contributed by atoms with Crippen molar-refractivity contribution in [3.63, 3.8) is 0 Å². The maximum absolute atomic E-state index is 12.1. The van der Waals surface area contributed by atoms with Crippen molar-refractivity contribution in [3.05, 3.63) is 29.8 Å². The highest BCUT2D eigenvalue weighted by molar-refractivity contribution is 7.80. The van der Waals surface area contributed by atoms with Crippen LogP contribution in [0.5, 0.6) is 0 Å². The number of thiocarbonyl (C=S) groups is 1. The van der Waals surface area contributed by atoms with E-state index < -0.39 is 0 Å². The van der Waals surface area contributed by atoms with Gasteiger partial charge in [-0.25, -0.2) is 4.79 Å². The van der Waals surface area contributed by atoms with E-state index in [0.717, 1.165) is 56.3 Å². The van der Waals surface area contributed by atoms with Gasteiger partial charge in [0.1, 0.15) is 0 Å². The number of ether oxygens (including phenoxy) is 1. The lowest BCUT2D eigenvalue weighted by Crippen LogP contribution is -2.50. The van der Waals surface area contributed by atoms with E-state index in [1.54, 1.807) is 7.11 Å². The van der Waals surface area contributed by atoms with Crippen molar-refractivity contribution < 1.29 is 9.53 Å². The van der Waals surface area contributed by atoms with E-state index in [-0.39, 0.29) is 12.1 Å². The molecule has 0 spiro atoms. The van der Waals surface area contributed by atoms with E-state index in [2.05, 4.69) is 20.9 Å². The minimum atomic E-state index is -0.150. The number of urea groups is 1. The number of hydrogen-bond donors (Lipinski definition) is 3. The lowest BCUT2D eigenvalue weighted by Gasteiger charge is -2.34. The average molecular weight is 365 g/mol. The van der Waals surface area contributed by atoms with Gasteiger partial charge in [0.05, 0.1) is 0 Å². The Labute approximate surface area is 155 Å². The van der Waals surface area contributed by atoms with Crippen molar-refractivity contribution in [1.82, 2.24) is 15.5 Å². The van der Waals surface area contributed by atoms with Crippen LogP contribution >= 0.6 is 12.2 Å². The number of methoxy groups -OCH3 is 1. The smallest absolute Gasteiger partial charge is 0.319 e. The van der Waals surface area contributed by atoms with Crippen LogP contribution in [0.1, 0.15) is 24.8 Å². The van der Waals surface area contributed by atoms with Crippen molar-refractivity contribution >= 4 is 29.0 Å². The number of aryl methyl sites for hydroxylation is 1. The molecule has 25 heavy (non-hydrogen) atoms. The molecule has 3 N–H and O–H groups in total. The minimum absolute atomic E-state index is 0.150. The molecule has 1 aromatic rings. The highest BCUT2D eigenvalue weighted by Crippen LogP contribution is 2.12. The van der Waals surface area contributed by atoms with Crippen LogP contribution in [0.3, 0.4) is 0 Å². The van der Waals surface area contributed by atoms with Crippen LogP contribution in [-0.2, 0) is 4.74 Å². The number of anilines is 1. The van der Waals surface area contributed by atoms with Gasteiger partial charge in [-0.3, -0.25) is 0 Å². The Morgan fingerprint density at radius 1 is 1.28 bits per heavy atom. The number of carbonyl (C=O) groups excluding carboxylic acids is 1. The molecule has 0 atom stereocenters. The highest BCUT2D eigenvalue weighted by Gasteiger charge is 2.22. The van der Waals surface area contributed by atoms with Gasteiger partial charge < -0.3 is 25.6 Å². The first-order chi connectivity index (χ1) is 12.1. The fraction of sp³-hybridized carbons (Fsp3) is 0.556. The standard InChI is InChI=1S/C18H28N4O2S/c1-14-4-6-15(7-5-14)20-17(23)21-16-8-11-22(12-9-16)18(25)19-10-3-13-24-2/h4-7,16H,3,8-13H2,1-2H3,(H,19,25)(H2,20,21,23). The first-order valence-corrected chi connectivity index (χ1v) is 9.15. The first kappa shape index (κ1) is 19.5. The van der Waals surface area contributed by atoms with E-state index in [0.29, 0.717) is 0 Å². The molecule has 138 valence electrons. The zero-order valence-corrected chi connectivity index (χ0v) is 15.8. The molecule has 0 aliphatic carbocycles. The summed E-state index contributed by atoms with van der Waals surface area (Å²) in [5, 5.41) is 9.97. The predicted octanol–water partition coefficient (Wildman–Crippen LogP) is 2.49. The summed E-state index contributed by atoms with van der Waals surface area (Å²) in [5.41, 5.74) is 1.98. The lowest BCUT2D eigenvalue weighted by atomic mass is 10.1. The summed E-state index contributed by atoms with van der Waals surface area (Å²) in [4.78, 5) is 14.3. The van der Waals surface area contributed by atoms with Crippen molar-refractivity contribution in [2.45, 2.75) is 32.2 Å². The van der Waals surface area contributed by atoms with Crippen LogP contribution < -0.4 is 16.0 Å².